The fourth-order valence-electron chi connectivity index (χ4n) is 1.73. The van der Waals surface area contributed by atoms with Crippen LogP contribution in [0.5, 0.6) is 0 Å². The van der Waals surface area contributed by atoms with Crippen LogP contribution in [0.2, 0.25) is 0 Å². The minimum atomic E-state index is 0.00519. The zero-order chi connectivity index (χ0) is 10.3. The highest BCUT2D eigenvalue weighted by Gasteiger charge is 2.25. The molecule has 4 N–H and O–H groups in total. The maximum atomic E-state index is 5.39. The average Bonchev–Trinajstić information content (AvgIpc) is 2.84. The number of nitrogens with one attached hydrogen (secondary N) is 2. The second kappa shape index (κ2) is 3.06. The van der Waals surface area contributed by atoms with Crippen molar-refractivity contribution in [2.45, 2.75) is 19.0 Å². The molecule has 1 unspecified atom stereocenters. The summed E-state index contributed by atoms with van der Waals surface area (Å²) in [6, 6.07) is 0.00519. The summed E-state index contributed by atoms with van der Waals surface area (Å²) >= 11 is 0. The minimum Gasteiger partial charge on any atom is -0.365 e. The first-order valence-electron chi connectivity index (χ1n) is 4.66. The minimum absolute atomic E-state index is 0.00519. The number of fused-ring (bicyclic) bond motifs is 1. The first kappa shape index (κ1) is 8.42. The molecular weight excluding hydrogens is 196 g/mol. The molecule has 0 aromatic carbocycles. The van der Waals surface area contributed by atoms with Crippen molar-refractivity contribution in [1.29, 1.82) is 0 Å². The highest BCUT2D eigenvalue weighted by molar-refractivity contribution is 5.19. The molecule has 0 amide bonds. The molecule has 0 aliphatic carbocycles. The predicted molar refractivity (Wildman–Crippen MR) is 50.6 cm³/mol. The van der Waals surface area contributed by atoms with E-state index in [0.717, 1.165) is 24.4 Å². The zero-order valence-electron chi connectivity index (χ0n) is 7.90. The van der Waals surface area contributed by atoms with E-state index in [1.165, 1.54) is 0 Å². The second-order valence-electron chi connectivity index (χ2n) is 3.46. The molecule has 7 nitrogen and oxygen atoms in total. The van der Waals surface area contributed by atoms with Crippen LogP contribution >= 0.6 is 0 Å². The van der Waals surface area contributed by atoms with E-state index >= 15 is 0 Å². The molecule has 0 fully saturated rings. The van der Waals surface area contributed by atoms with Gasteiger partial charge in [-0.15, -0.1) is 0 Å². The lowest BCUT2D eigenvalue weighted by Gasteiger charge is -2.19. The number of imidazole rings is 1. The summed E-state index contributed by atoms with van der Waals surface area (Å²) in [6.07, 6.45) is 2.43. The zero-order valence-corrected chi connectivity index (χ0v) is 7.90. The van der Waals surface area contributed by atoms with Gasteiger partial charge in [0, 0.05) is 13.0 Å². The van der Waals surface area contributed by atoms with Gasteiger partial charge in [0.2, 0.25) is 5.89 Å². The molecular formula is C8H10N6O. The van der Waals surface area contributed by atoms with E-state index in [9.17, 15) is 0 Å². The van der Waals surface area contributed by atoms with Crippen LogP contribution < -0.4 is 11.1 Å². The Kier molecular flexibility index (Phi) is 1.72. The van der Waals surface area contributed by atoms with Crippen molar-refractivity contribution in [2.24, 2.45) is 0 Å². The molecule has 0 saturated carbocycles. The molecule has 0 radical (unpaired) electrons. The molecule has 7 heteroatoms. The third-order valence-corrected chi connectivity index (χ3v) is 2.49. The van der Waals surface area contributed by atoms with Crippen molar-refractivity contribution >= 4 is 5.95 Å². The van der Waals surface area contributed by atoms with Crippen molar-refractivity contribution in [3.63, 3.8) is 0 Å². The summed E-state index contributed by atoms with van der Waals surface area (Å²) in [5.41, 5.74) is 7.54. The fraction of sp³-hybridized carbons (Fsp3) is 0.375. The Morgan fingerprint density at radius 3 is 3.27 bits per heavy atom. The second-order valence-corrected chi connectivity index (χ2v) is 3.46. The van der Waals surface area contributed by atoms with Gasteiger partial charge in [-0.2, -0.15) is 4.98 Å². The van der Waals surface area contributed by atoms with Gasteiger partial charge in [0.05, 0.1) is 23.8 Å². The van der Waals surface area contributed by atoms with Gasteiger partial charge in [-0.3, -0.25) is 5.32 Å². The lowest BCUT2D eigenvalue weighted by atomic mass is 10.1. The molecule has 78 valence electrons. The molecule has 1 aliphatic rings. The predicted octanol–water partition coefficient (Wildman–Crippen LogP) is -0.238. The molecule has 15 heavy (non-hydrogen) atoms. The third kappa shape index (κ3) is 1.37. The number of hydrogen-bond donors (Lipinski definition) is 3. The van der Waals surface area contributed by atoms with E-state index < -0.39 is 0 Å². The Bertz CT molecular complexity index is 475. The summed E-state index contributed by atoms with van der Waals surface area (Å²) in [7, 11) is 0. The van der Waals surface area contributed by atoms with Gasteiger partial charge < -0.3 is 15.2 Å². The van der Waals surface area contributed by atoms with Crippen molar-refractivity contribution < 1.29 is 4.52 Å². The topological polar surface area (TPSA) is 106 Å². The van der Waals surface area contributed by atoms with E-state index in [2.05, 4.69) is 25.4 Å². The number of hydrogen-bond acceptors (Lipinski definition) is 6. The molecule has 0 saturated heterocycles. The average molecular weight is 206 g/mol. The van der Waals surface area contributed by atoms with Crippen LogP contribution in [0, 0.1) is 0 Å². The van der Waals surface area contributed by atoms with Gasteiger partial charge >= 0.3 is 0 Å². The van der Waals surface area contributed by atoms with Crippen LogP contribution in [-0.4, -0.2) is 20.1 Å². The quantitative estimate of drug-likeness (QED) is 0.594. The van der Waals surface area contributed by atoms with E-state index in [0.29, 0.717) is 5.89 Å². The van der Waals surface area contributed by atoms with E-state index in [-0.39, 0.29) is 12.0 Å². The van der Waals surface area contributed by atoms with Crippen LogP contribution in [0.4, 0.5) is 5.95 Å². The number of nitrogens with zero attached hydrogens (tertiary/aromatic N) is 3. The lowest BCUT2D eigenvalue weighted by Crippen LogP contribution is -2.28. The Labute approximate surface area is 85.1 Å². The number of aromatic amines is 1. The molecule has 2 aromatic rings. The Morgan fingerprint density at radius 1 is 1.53 bits per heavy atom. The van der Waals surface area contributed by atoms with Gasteiger partial charge in [0.15, 0.2) is 0 Å². The third-order valence-electron chi connectivity index (χ3n) is 2.49. The molecule has 3 heterocycles. The molecule has 1 atom stereocenters. The molecule has 0 bridgehead atoms. The fourth-order valence-corrected chi connectivity index (χ4v) is 1.73. The maximum absolute atomic E-state index is 5.39. The Hall–Kier alpha value is -1.89. The largest absolute Gasteiger partial charge is 0.365 e. The summed E-state index contributed by atoms with van der Waals surface area (Å²) < 4.78 is 5.01. The van der Waals surface area contributed by atoms with Crippen LogP contribution in [0.15, 0.2) is 10.9 Å². The van der Waals surface area contributed by atoms with Crippen LogP contribution in [-0.2, 0) is 13.0 Å². The molecule has 2 aromatic heterocycles. The molecule has 1 aliphatic heterocycles. The van der Waals surface area contributed by atoms with Crippen LogP contribution in [0.3, 0.4) is 0 Å². The van der Waals surface area contributed by atoms with E-state index in [1.807, 2.05) is 0 Å². The number of aromatic nitrogens is 4. The maximum Gasteiger partial charge on any atom is 0.260 e. The number of H-pyrrole nitrogens is 1. The summed E-state index contributed by atoms with van der Waals surface area (Å²) in [5, 5.41) is 6.83. The smallest absolute Gasteiger partial charge is 0.260 e. The number of nitrogen functional groups attached to an aromatic ring is 1. The van der Waals surface area contributed by atoms with Crippen molar-refractivity contribution in [2.75, 3.05) is 5.73 Å². The Balaban J connectivity index is 1.87. The van der Waals surface area contributed by atoms with E-state index in [1.54, 1.807) is 6.33 Å². The highest BCUT2D eigenvalue weighted by Crippen LogP contribution is 2.22. The SMILES string of the molecule is Nc1noc(C2Cc3nc[nH]c3CN2)n1. The first-order valence-corrected chi connectivity index (χ1v) is 4.66. The summed E-state index contributed by atoms with van der Waals surface area (Å²) in [6.45, 7) is 0.724. The monoisotopic (exact) mass is 206 g/mol. The van der Waals surface area contributed by atoms with E-state index in [4.69, 9.17) is 10.3 Å². The van der Waals surface area contributed by atoms with Crippen molar-refractivity contribution in [3.8, 4) is 0 Å². The summed E-state index contributed by atoms with van der Waals surface area (Å²) in [4.78, 5) is 11.3. The van der Waals surface area contributed by atoms with Crippen molar-refractivity contribution in [3.05, 3.63) is 23.6 Å². The Morgan fingerprint density at radius 2 is 2.47 bits per heavy atom. The van der Waals surface area contributed by atoms with Gasteiger partial charge in [-0.1, -0.05) is 0 Å². The van der Waals surface area contributed by atoms with Crippen molar-refractivity contribution in [1.82, 2.24) is 25.4 Å². The normalized spacial score (nSPS) is 20.1. The standard InChI is InChI=1S/C8H10N6O/c9-8-13-7(15-14-8)5-1-4-6(2-10-5)12-3-11-4/h3,5,10H,1-2H2,(H2,9,14)(H,11,12). The molecule has 0 spiro atoms. The van der Waals surface area contributed by atoms with Gasteiger partial charge in [-0.05, 0) is 5.16 Å². The van der Waals surface area contributed by atoms with Gasteiger partial charge in [0.1, 0.15) is 0 Å². The van der Waals surface area contributed by atoms with Crippen LogP contribution in [0.1, 0.15) is 23.3 Å². The number of nitrogens with two attached hydrogens (primary N) is 1. The number of anilines is 1. The highest BCUT2D eigenvalue weighted by atomic mass is 16.5. The van der Waals surface area contributed by atoms with Crippen LogP contribution in [0.25, 0.3) is 0 Å². The van der Waals surface area contributed by atoms with Gasteiger partial charge in [0.25, 0.3) is 5.95 Å². The number of rotatable bonds is 1. The first-order chi connectivity index (χ1) is 7.33. The van der Waals surface area contributed by atoms with Gasteiger partial charge in [-0.25, -0.2) is 4.98 Å². The molecule has 3 rings (SSSR count). The summed E-state index contributed by atoms with van der Waals surface area (Å²) in [5.74, 6) is 0.681. The lowest BCUT2D eigenvalue weighted by molar-refractivity contribution is 0.319.